The van der Waals surface area contributed by atoms with Gasteiger partial charge < -0.3 is 10.3 Å². The number of pyridine rings is 1. The van der Waals surface area contributed by atoms with Gasteiger partial charge >= 0.3 is 6.18 Å². The maximum absolute atomic E-state index is 13.2. The molecule has 2 aromatic heterocycles. The van der Waals surface area contributed by atoms with Crippen LogP contribution < -0.4 is 5.73 Å². The first-order valence-corrected chi connectivity index (χ1v) is 8.68. The molecule has 6 heteroatoms. The molecule has 0 spiro atoms. The molecule has 2 N–H and O–H groups in total. The number of rotatable bonds is 3. The minimum atomic E-state index is -4.35. The molecule has 0 saturated heterocycles. The quantitative estimate of drug-likeness (QED) is 0.730. The maximum Gasteiger partial charge on any atom is 0.418 e. The first-order valence-electron chi connectivity index (χ1n) is 8.68. The lowest BCUT2D eigenvalue weighted by molar-refractivity contribution is -0.138. The van der Waals surface area contributed by atoms with Crippen LogP contribution in [0.4, 0.5) is 19.0 Å². The Kier molecular flexibility index (Phi) is 9.31. The first kappa shape index (κ1) is 23.0. The molecule has 2 heterocycles. The van der Waals surface area contributed by atoms with E-state index in [1.54, 1.807) is 43.7 Å². The molecule has 0 bridgehead atoms. The highest BCUT2D eigenvalue weighted by molar-refractivity contribution is 5.41. The van der Waals surface area contributed by atoms with Crippen LogP contribution in [0.5, 0.6) is 0 Å². The van der Waals surface area contributed by atoms with E-state index in [0.717, 1.165) is 6.20 Å². The number of aromatic nitrogens is 2. The van der Waals surface area contributed by atoms with Gasteiger partial charge in [0.25, 0.3) is 0 Å². The van der Waals surface area contributed by atoms with Crippen molar-refractivity contribution in [2.24, 2.45) is 0 Å². The van der Waals surface area contributed by atoms with Crippen LogP contribution in [0.15, 0.2) is 24.5 Å². The first-order chi connectivity index (χ1) is 11.7. The molecule has 0 aliphatic heterocycles. The van der Waals surface area contributed by atoms with Crippen molar-refractivity contribution in [2.45, 2.75) is 67.1 Å². The largest absolute Gasteiger partial charge is 0.418 e. The lowest BCUT2D eigenvalue weighted by atomic mass is 9.99. The van der Waals surface area contributed by atoms with E-state index in [4.69, 9.17) is 5.73 Å². The number of alkyl halides is 3. The van der Waals surface area contributed by atoms with Gasteiger partial charge in [0, 0.05) is 23.7 Å². The van der Waals surface area contributed by atoms with Crippen LogP contribution in [0.3, 0.4) is 0 Å². The monoisotopic (exact) mass is 357 g/mol. The SMILES string of the molecule is CC.CC.Cc1c(C(C)C)c(C(F)(F)F)cn1Cc1cccnc1N. The summed E-state index contributed by atoms with van der Waals surface area (Å²) in [5.74, 6) is 0.138. The van der Waals surface area contributed by atoms with Crippen molar-refractivity contribution in [2.75, 3.05) is 5.73 Å². The Balaban J connectivity index is 0.00000134. The van der Waals surface area contributed by atoms with Crippen LogP contribution >= 0.6 is 0 Å². The summed E-state index contributed by atoms with van der Waals surface area (Å²) < 4.78 is 41.1. The topological polar surface area (TPSA) is 43.8 Å². The second-order valence-corrected chi connectivity index (χ2v) is 5.37. The van der Waals surface area contributed by atoms with Crippen LogP contribution in [0.25, 0.3) is 0 Å². The number of hydrogen-bond acceptors (Lipinski definition) is 2. The molecule has 0 atom stereocenters. The summed E-state index contributed by atoms with van der Waals surface area (Å²) in [4.78, 5) is 3.96. The van der Waals surface area contributed by atoms with Gasteiger partial charge in [-0.1, -0.05) is 47.6 Å². The third-order valence-corrected chi connectivity index (χ3v) is 3.55. The van der Waals surface area contributed by atoms with Crippen molar-refractivity contribution in [3.63, 3.8) is 0 Å². The average Bonchev–Trinajstić information content (AvgIpc) is 2.91. The van der Waals surface area contributed by atoms with Crippen molar-refractivity contribution in [1.82, 2.24) is 9.55 Å². The third-order valence-electron chi connectivity index (χ3n) is 3.55. The van der Waals surface area contributed by atoms with Crippen LogP contribution in [0, 0.1) is 6.92 Å². The van der Waals surface area contributed by atoms with E-state index in [9.17, 15) is 13.2 Å². The van der Waals surface area contributed by atoms with Gasteiger partial charge in [0.15, 0.2) is 0 Å². The fourth-order valence-corrected chi connectivity index (χ4v) is 2.56. The van der Waals surface area contributed by atoms with Crippen molar-refractivity contribution in [3.05, 3.63) is 46.9 Å². The Bertz CT molecular complexity index is 644. The third kappa shape index (κ3) is 5.80. The fraction of sp³-hybridized carbons (Fsp3) is 0.526. The Morgan fingerprint density at radius 1 is 1.16 bits per heavy atom. The van der Waals surface area contributed by atoms with E-state index >= 15 is 0 Å². The van der Waals surface area contributed by atoms with Gasteiger partial charge in [0.1, 0.15) is 5.82 Å². The van der Waals surface area contributed by atoms with Crippen LogP contribution in [-0.2, 0) is 12.7 Å². The second kappa shape index (κ2) is 10.1. The Morgan fingerprint density at radius 2 is 1.72 bits per heavy atom. The number of nitrogens with zero attached hydrogens (tertiary/aromatic N) is 2. The summed E-state index contributed by atoms with van der Waals surface area (Å²) in [7, 11) is 0. The summed E-state index contributed by atoms with van der Waals surface area (Å²) in [6.07, 6.45) is -1.63. The zero-order valence-corrected chi connectivity index (χ0v) is 16.2. The van der Waals surface area contributed by atoms with E-state index in [-0.39, 0.29) is 12.5 Å². The van der Waals surface area contributed by atoms with E-state index in [1.807, 2.05) is 27.7 Å². The Hall–Kier alpha value is -1.98. The molecule has 0 amide bonds. The van der Waals surface area contributed by atoms with E-state index in [2.05, 4.69) is 4.98 Å². The van der Waals surface area contributed by atoms with Crippen LogP contribution in [-0.4, -0.2) is 9.55 Å². The van der Waals surface area contributed by atoms with E-state index in [1.165, 1.54) is 0 Å². The smallest absolute Gasteiger partial charge is 0.383 e. The van der Waals surface area contributed by atoms with E-state index < -0.39 is 11.7 Å². The fourth-order valence-electron chi connectivity index (χ4n) is 2.56. The predicted molar refractivity (Wildman–Crippen MR) is 98.7 cm³/mol. The summed E-state index contributed by atoms with van der Waals surface area (Å²) >= 11 is 0. The zero-order valence-electron chi connectivity index (χ0n) is 16.2. The molecular formula is C19H30F3N3. The number of nitrogens with two attached hydrogens (primary N) is 1. The highest BCUT2D eigenvalue weighted by Crippen LogP contribution is 2.38. The van der Waals surface area contributed by atoms with Gasteiger partial charge in [0.05, 0.1) is 12.1 Å². The van der Waals surface area contributed by atoms with Crippen molar-refractivity contribution in [1.29, 1.82) is 0 Å². The van der Waals surface area contributed by atoms with Crippen molar-refractivity contribution in [3.8, 4) is 0 Å². The number of nitrogen functional groups attached to an aromatic ring is 1. The maximum atomic E-state index is 13.2. The molecular weight excluding hydrogens is 327 g/mol. The van der Waals surface area contributed by atoms with Crippen LogP contribution in [0.1, 0.15) is 69.8 Å². The Labute approximate surface area is 149 Å². The molecule has 0 aliphatic rings. The normalized spacial score (nSPS) is 10.7. The van der Waals surface area contributed by atoms with Crippen molar-refractivity contribution < 1.29 is 13.2 Å². The van der Waals surface area contributed by atoms with Gasteiger partial charge in [-0.3, -0.25) is 0 Å². The van der Waals surface area contributed by atoms with Gasteiger partial charge in [-0.05, 0) is 24.5 Å². The summed E-state index contributed by atoms with van der Waals surface area (Å²) in [6.45, 7) is 13.5. The molecule has 0 aliphatic carbocycles. The molecule has 0 saturated carbocycles. The van der Waals surface area contributed by atoms with Gasteiger partial charge in [-0.2, -0.15) is 13.2 Å². The summed E-state index contributed by atoms with van der Waals surface area (Å²) in [5, 5.41) is 0. The molecule has 25 heavy (non-hydrogen) atoms. The molecule has 3 nitrogen and oxygen atoms in total. The average molecular weight is 357 g/mol. The minimum Gasteiger partial charge on any atom is -0.383 e. The lowest BCUT2D eigenvalue weighted by Crippen LogP contribution is -2.08. The second-order valence-electron chi connectivity index (χ2n) is 5.37. The number of hydrogen-bond donors (Lipinski definition) is 1. The molecule has 142 valence electrons. The Morgan fingerprint density at radius 3 is 2.12 bits per heavy atom. The standard InChI is InChI=1S/C15H18F3N3.2C2H6/c1-9(2)13-10(3)21(8-12(13)15(16,17)18)7-11-5-4-6-20-14(11)19;2*1-2/h4-6,8-9H,7H2,1-3H3,(H2,19,20);2*1-2H3. The zero-order chi connectivity index (χ0) is 19.8. The predicted octanol–water partition coefficient (Wildman–Crippen LogP) is 6.02. The van der Waals surface area contributed by atoms with Gasteiger partial charge in [0.2, 0.25) is 0 Å². The molecule has 0 aromatic carbocycles. The number of anilines is 1. The van der Waals surface area contributed by atoms with E-state index in [0.29, 0.717) is 22.6 Å². The van der Waals surface area contributed by atoms with Gasteiger partial charge in [-0.25, -0.2) is 4.98 Å². The van der Waals surface area contributed by atoms with Crippen LogP contribution in [0.2, 0.25) is 0 Å². The molecule has 0 radical (unpaired) electrons. The highest BCUT2D eigenvalue weighted by atomic mass is 19.4. The summed E-state index contributed by atoms with van der Waals surface area (Å²) in [6, 6.07) is 3.49. The molecule has 0 unspecified atom stereocenters. The molecule has 2 rings (SSSR count). The van der Waals surface area contributed by atoms with Gasteiger partial charge in [-0.15, -0.1) is 0 Å². The minimum absolute atomic E-state index is 0.200. The number of halogens is 3. The molecule has 0 fully saturated rings. The summed E-state index contributed by atoms with van der Waals surface area (Å²) in [5.41, 5.74) is 6.85. The molecule has 2 aromatic rings. The lowest BCUT2D eigenvalue weighted by Gasteiger charge is -2.12. The van der Waals surface area contributed by atoms with Crippen molar-refractivity contribution >= 4 is 5.82 Å². The highest BCUT2D eigenvalue weighted by Gasteiger charge is 2.36.